The Morgan fingerprint density at radius 2 is 2.12 bits per heavy atom. The van der Waals surface area contributed by atoms with Crippen LogP contribution in [0.3, 0.4) is 0 Å². The third kappa shape index (κ3) is 3.84. The maximum Gasteiger partial charge on any atom is 0.226 e. The number of hydrogen-bond donors (Lipinski definition) is 0. The van der Waals surface area contributed by atoms with Crippen molar-refractivity contribution in [3.63, 3.8) is 0 Å². The average molecular weight is 322 g/mol. The molecule has 0 atom stereocenters. The zero-order valence-corrected chi connectivity index (χ0v) is 14.7. The van der Waals surface area contributed by atoms with Crippen molar-refractivity contribution in [1.82, 2.24) is 4.98 Å². The summed E-state index contributed by atoms with van der Waals surface area (Å²) in [6.07, 6.45) is 6.24. The highest BCUT2D eigenvalue weighted by atomic mass is 16.2. The summed E-state index contributed by atoms with van der Waals surface area (Å²) < 4.78 is 0. The largest absolute Gasteiger partial charge is 0.312 e. The van der Waals surface area contributed by atoms with E-state index in [1.54, 1.807) is 0 Å². The summed E-state index contributed by atoms with van der Waals surface area (Å²) in [4.78, 5) is 19.0. The molecule has 0 spiro atoms. The molecule has 3 rings (SSSR count). The van der Waals surface area contributed by atoms with Crippen molar-refractivity contribution >= 4 is 11.6 Å². The Kier molecular flexibility index (Phi) is 5.29. The summed E-state index contributed by atoms with van der Waals surface area (Å²) in [5.74, 6) is 0.768. The summed E-state index contributed by atoms with van der Waals surface area (Å²) in [5, 5.41) is 0. The number of benzene rings is 1. The lowest BCUT2D eigenvalue weighted by Gasteiger charge is -2.30. The van der Waals surface area contributed by atoms with Crippen LogP contribution in [0.4, 0.5) is 5.69 Å². The molecular weight excluding hydrogens is 296 g/mol. The normalized spacial score (nSPS) is 13.9. The number of fused-ring (bicyclic) bond motifs is 1. The van der Waals surface area contributed by atoms with Crippen LogP contribution in [-0.2, 0) is 17.6 Å². The fraction of sp³-hybridized carbons (Fsp3) is 0.429. The van der Waals surface area contributed by atoms with E-state index in [4.69, 9.17) is 0 Å². The molecule has 3 nitrogen and oxygen atoms in total. The minimum absolute atomic E-state index is 0.240. The molecule has 0 radical (unpaired) electrons. The predicted molar refractivity (Wildman–Crippen MR) is 98.4 cm³/mol. The topological polar surface area (TPSA) is 33.2 Å². The van der Waals surface area contributed by atoms with E-state index in [0.717, 1.165) is 43.6 Å². The van der Waals surface area contributed by atoms with Crippen molar-refractivity contribution in [2.45, 2.75) is 51.9 Å². The zero-order chi connectivity index (χ0) is 16.9. The molecule has 1 aliphatic rings. The Morgan fingerprint density at radius 3 is 2.88 bits per heavy atom. The molecule has 0 unspecified atom stereocenters. The molecule has 2 aromatic rings. The lowest BCUT2D eigenvalue weighted by atomic mass is 9.94. The number of aromatic nitrogens is 1. The minimum atomic E-state index is 0.240. The number of hydrogen-bond acceptors (Lipinski definition) is 2. The molecular formula is C21H26N2O. The van der Waals surface area contributed by atoms with Gasteiger partial charge < -0.3 is 4.90 Å². The van der Waals surface area contributed by atoms with E-state index in [9.17, 15) is 4.79 Å². The molecule has 1 aliphatic heterocycles. The third-order valence-electron chi connectivity index (χ3n) is 4.74. The molecule has 0 saturated carbocycles. The van der Waals surface area contributed by atoms with E-state index < -0.39 is 0 Å². The number of aryl methyl sites for hydroxylation is 2. The molecule has 0 fully saturated rings. The van der Waals surface area contributed by atoms with Crippen LogP contribution in [-0.4, -0.2) is 17.4 Å². The van der Waals surface area contributed by atoms with E-state index in [2.05, 4.69) is 37.0 Å². The van der Waals surface area contributed by atoms with E-state index >= 15 is 0 Å². The minimum Gasteiger partial charge on any atom is -0.312 e. The second-order valence-corrected chi connectivity index (χ2v) is 6.87. The smallest absolute Gasteiger partial charge is 0.226 e. The van der Waals surface area contributed by atoms with Gasteiger partial charge >= 0.3 is 0 Å². The lowest BCUT2D eigenvalue weighted by molar-refractivity contribution is -0.118. The molecule has 0 saturated heterocycles. The summed E-state index contributed by atoms with van der Waals surface area (Å²) in [6, 6.07) is 12.5. The molecule has 1 amide bonds. The molecule has 24 heavy (non-hydrogen) atoms. The number of rotatable bonds is 5. The van der Waals surface area contributed by atoms with Crippen molar-refractivity contribution in [1.29, 1.82) is 0 Å². The monoisotopic (exact) mass is 322 g/mol. The van der Waals surface area contributed by atoms with Crippen LogP contribution < -0.4 is 4.90 Å². The van der Waals surface area contributed by atoms with Gasteiger partial charge in [0, 0.05) is 30.5 Å². The number of carbonyl (C=O) groups is 1. The van der Waals surface area contributed by atoms with Crippen LogP contribution in [0.5, 0.6) is 0 Å². The van der Waals surface area contributed by atoms with Crippen molar-refractivity contribution in [2.24, 2.45) is 0 Å². The van der Waals surface area contributed by atoms with Gasteiger partial charge in [0.25, 0.3) is 0 Å². The summed E-state index contributed by atoms with van der Waals surface area (Å²) in [6.45, 7) is 5.27. The van der Waals surface area contributed by atoms with Gasteiger partial charge in [-0.3, -0.25) is 9.78 Å². The Labute approximate surface area is 144 Å². The highest BCUT2D eigenvalue weighted by Gasteiger charge is 2.22. The Bertz CT molecular complexity index is 694. The molecule has 3 heteroatoms. The fourth-order valence-electron chi connectivity index (χ4n) is 3.34. The Balaban J connectivity index is 1.64. The van der Waals surface area contributed by atoms with Crippen LogP contribution in [0.2, 0.25) is 0 Å². The molecule has 2 heterocycles. The van der Waals surface area contributed by atoms with E-state index in [-0.39, 0.29) is 5.91 Å². The highest BCUT2D eigenvalue weighted by molar-refractivity contribution is 5.94. The third-order valence-corrected chi connectivity index (χ3v) is 4.74. The maximum atomic E-state index is 12.7. The van der Waals surface area contributed by atoms with E-state index in [0.29, 0.717) is 12.3 Å². The SMILES string of the molecule is CC(C)c1ccc2c(c1)CCCN2C(=O)CCCc1ccccn1. The zero-order valence-electron chi connectivity index (χ0n) is 14.7. The quantitative estimate of drug-likeness (QED) is 0.811. The Hall–Kier alpha value is -2.16. The second-order valence-electron chi connectivity index (χ2n) is 6.87. The first-order valence-corrected chi connectivity index (χ1v) is 8.98. The standard InChI is InChI=1S/C21H26N2O/c1-16(2)17-11-12-20-18(15-17)7-6-14-23(20)21(24)10-5-9-19-8-3-4-13-22-19/h3-4,8,11-13,15-16H,5-7,9-10,14H2,1-2H3. The van der Waals surface area contributed by atoms with Crippen molar-refractivity contribution in [2.75, 3.05) is 11.4 Å². The van der Waals surface area contributed by atoms with Gasteiger partial charge in [-0.15, -0.1) is 0 Å². The number of anilines is 1. The van der Waals surface area contributed by atoms with Crippen molar-refractivity contribution < 1.29 is 4.79 Å². The molecule has 0 bridgehead atoms. The van der Waals surface area contributed by atoms with Gasteiger partial charge in [0.05, 0.1) is 0 Å². The molecule has 1 aromatic carbocycles. The van der Waals surface area contributed by atoms with Gasteiger partial charge in [0.2, 0.25) is 5.91 Å². The molecule has 0 N–H and O–H groups in total. The maximum absolute atomic E-state index is 12.7. The van der Waals surface area contributed by atoms with Crippen LogP contribution >= 0.6 is 0 Å². The van der Waals surface area contributed by atoms with Gasteiger partial charge in [-0.2, -0.15) is 0 Å². The van der Waals surface area contributed by atoms with E-state index in [1.807, 2.05) is 29.3 Å². The summed E-state index contributed by atoms with van der Waals surface area (Å²) in [7, 11) is 0. The lowest BCUT2D eigenvalue weighted by Crippen LogP contribution is -2.35. The van der Waals surface area contributed by atoms with Gasteiger partial charge in [-0.1, -0.05) is 32.0 Å². The van der Waals surface area contributed by atoms with Crippen molar-refractivity contribution in [3.8, 4) is 0 Å². The first-order chi connectivity index (χ1) is 11.6. The van der Waals surface area contributed by atoms with Gasteiger partial charge in [-0.05, 0) is 60.9 Å². The predicted octanol–water partition coefficient (Wildman–Crippen LogP) is 4.51. The van der Waals surface area contributed by atoms with Gasteiger partial charge in [0.1, 0.15) is 0 Å². The molecule has 1 aromatic heterocycles. The molecule has 126 valence electrons. The first kappa shape index (κ1) is 16.7. The van der Waals surface area contributed by atoms with Gasteiger partial charge in [0.15, 0.2) is 0 Å². The second kappa shape index (κ2) is 7.61. The number of pyridine rings is 1. The first-order valence-electron chi connectivity index (χ1n) is 8.98. The highest BCUT2D eigenvalue weighted by Crippen LogP contribution is 2.30. The van der Waals surface area contributed by atoms with Crippen LogP contribution in [0.15, 0.2) is 42.6 Å². The van der Waals surface area contributed by atoms with Crippen molar-refractivity contribution in [3.05, 3.63) is 59.4 Å². The molecule has 0 aliphatic carbocycles. The number of carbonyl (C=O) groups excluding carboxylic acids is 1. The number of nitrogens with zero attached hydrogens (tertiary/aromatic N) is 2. The van der Waals surface area contributed by atoms with E-state index in [1.165, 1.54) is 11.1 Å². The summed E-state index contributed by atoms with van der Waals surface area (Å²) >= 11 is 0. The van der Waals surface area contributed by atoms with Crippen LogP contribution in [0, 0.1) is 0 Å². The Morgan fingerprint density at radius 1 is 1.25 bits per heavy atom. The number of amides is 1. The average Bonchev–Trinajstić information content (AvgIpc) is 2.61. The summed E-state index contributed by atoms with van der Waals surface area (Å²) in [5.41, 5.74) is 4.86. The van der Waals surface area contributed by atoms with Crippen LogP contribution in [0.25, 0.3) is 0 Å². The fourth-order valence-corrected chi connectivity index (χ4v) is 3.34. The van der Waals surface area contributed by atoms with Crippen LogP contribution in [0.1, 0.15) is 55.8 Å². The van der Waals surface area contributed by atoms with Gasteiger partial charge in [-0.25, -0.2) is 0 Å².